The Hall–Kier alpha value is -2.65. The fourth-order valence-electron chi connectivity index (χ4n) is 3.23. The second kappa shape index (κ2) is 7.30. The quantitative estimate of drug-likeness (QED) is 0.625. The van der Waals surface area contributed by atoms with Crippen molar-refractivity contribution >= 4 is 23.0 Å². The van der Waals surface area contributed by atoms with Crippen LogP contribution in [-0.4, -0.2) is 23.1 Å². The van der Waals surface area contributed by atoms with Gasteiger partial charge in [0.2, 0.25) is 0 Å². The zero-order valence-electron chi connectivity index (χ0n) is 14.7. The second-order valence-corrected chi connectivity index (χ2v) is 6.93. The Morgan fingerprint density at radius 3 is 2.38 bits per heavy atom. The van der Waals surface area contributed by atoms with Gasteiger partial charge < -0.3 is 4.90 Å². The highest BCUT2D eigenvalue weighted by Gasteiger charge is 2.16. The molecule has 0 N–H and O–H groups in total. The normalized spacial score (nSPS) is 14.2. The van der Waals surface area contributed by atoms with Crippen molar-refractivity contribution in [2.45, 2.75) is 13.3 Å². The number of hydrogen-bond acceptors (Lipinski definition) is 3. The molecule has 4 heteroatoms. The lowest BCUT2D eigenvalue weighted by Gasteiger charge is -2.28. The van der Waals surface area contributed by atoms with Crippen LogP contribution in [0.25, 0.3) is 17.0 Å². The van der Waals surface area contributed by atoms with Crippen LogP contribution >= 0.6 is 11.6 Å². The van der Waals surface area contributed by atoms with E-state index in [1.54, 1.807) is 0 Å². The largest absolute Gasteiger partial charge is 0.352 e. The Bertz CT molecular complexity index is 933. The second-order valence-electron chi connectivity index (χ2n) is 6.49. The van der Waals surface area contributed by atoms with Gasteiger partial charge >= 0.3 is 0 Å². The molecule has 0 bridgehead atoms. The molecule has 1 aliphatic rings. The van der Waals surface area contributed by atoms with Gasteiger partial charge in [-0.3, -0.25) is 0 Å². The van der Waals surface area contributed by atoms with Gasteiger partial charge in [-0.1, -0.05) is 60.1 Å². The van der Waals surface area contributed by atoms with Crippen molar-refractivity contribution in [3.05, 3.63) is 83.0 Å². The molecular formula is C22H20ClN3. The molecule has 0 radical (unpaired) electrons. The van der Waals surface area contributed by atoms with Crippen molar-refractivity contribution in [2.24, 2.45) is 0 Å². The van der Waals surface area contributed by atoms with E-state index >= 15 is 0 Å². The minimum absolute atomic E-state index is 0.775. The van der Waals surface area contributed by atoms with E-state index in [9.17, 15) is 0 Å². The number of halogens is 1. The first-order valence-corrected chi connectivity index (χ1v) is 9.18. The van der Waals surface area contributed by atoms with Gasteiger partial charge in [0.15, 0.2) is 5.82 Å². The number of rotatable bonds is 3. The van der Waals surface area contributed by atoms with Gasteiger partial charge in [-0.2, -0.15) is 0 Å². The predicted octanol–water partition coefficient (Wildman–Crippen LogP) is 5.40. The molecule has 0 atom stereocenters. The highest BCUT2D eigenvalue weighted by Crippen LogP contribution is 2.27. The lowest BCUT2D eigenvalue weighted by molar-refractivity contribution is 0.812. The number of anilines is 1. The van der Waals surface area contributed by atoms with E-state index in [2.05, 4.69) is 34.2 Å². The summed E-state index contributed by atoms with van der Waals surface area (Å²) in [6, 6.07) is 20.3. The van der Waals surface area contributed by atoms with Gasteiger partial charge in [0.05, 0.1) is 0 Å². The summed E-state index contributed by atoms with van der Waals surface area (Å²) in [6.07, 6.45) is 3.28. The molecule has 26 heavy (non-hydrogen) atoms. The predicted molar refractivity (Wildman–Crippen MR) is 108 cm³/mol. The van der Waals surface area contributed by atoms with Gasteiger partial charge in [0, 0.05) is 35.4 Å². The molecule has 0 saturated heterocycles. The maximum absolute atomic E-state index is 5.99. The lowest BCUT2D eigenvalue weighted by atomic mass is 9.99. The van der Waals surface area contributed by atoms with E-state index in [0.29, 0.717) is 0 Å². The highest BCUT2D eigenvalue weighted by atomic mass is 35.5. The smallest absolute Gasteiger partial charge is 0.161 e. The third-order valence-electron chi connectivity index (χ3n) is 4.62. The summed E-state index contributed by atoms with van der Waals surface area (Å²) in [6.45, 7) is 3.82. The van der Waals surface area contributed by atoms with E-state index in [1.807, 2.05) is 49.4 Å². The summed E-state index contributed by atoms with van der Waals surface area (Å²) in [5.74, 6) is 1.77. The van der Waals surface area contributed by atoms with Crippen LogP contribution in [0.4, 0.5) is 5.82 Å². The van der Waals surface area contributed by atoms with E-state index in [4.69, 9.17) is 16.6 Å². The molecule has 3 aromatic rings. The molecule has 1 aliphatic heterocycles. The monoisotopic (exact) mass is 361 g/mol. The molecule has 0 spiro atoms. The zero-order valence-corrected chi connectivity index (χ0v) is 15.4. The maximum Gasteiger partial charge on any atom is 0.161 e. The molecule has 1 aromatic heterocycles. The number of aryl methyl sites for hydroxylation is 1. The van der Waals surface area contributed by atoms with Crippen molar-refractivity contribution in [3.63, 3.8) is 0 Å². The van der Waals surface area contributed by atoms with Crippen molar-refractivity contribution < 1.29 is 0 Å². The maximum atomic E-state index is 5.99. The van der Waals surface area contributed by atoms with Crippen LogP contribution in [0.5, 0.6) is 0 Å². The molecule has 4 rings (SSSR count). The van der Waals surface area contributed by atoms with Crippen LogP contribution in [0.1, 0.15) is 17.7 Å². The van der Waals surface area contributed by atoms with Crippen LogP contribution in [0, 0.1) is 6.92 Å². The Morgan fingerprint density at radius 1 is 0.923 bits per heavy atom. The van der Waals surface area contributed by atoms with E-state index in [1.165, 1.54) is 11.1 Å². The average molecular weight is 362 g/mol. The third-order valence-corrected chi connectivity index (χ3v) is 4.87. The number of aromatic nitrogens is 2. The van der Waals surface area contributed by atoms with Gasteiger partial charge in [-0.15, -0.1) is 0 Å². The molecule has 0 aliphatic carbocycles. The summed E-state index contributed by atoms with van der Waals surface area (Å²) in [7, 11) is 0. The zero-order chi connectivity index (χ0) is 17.9. The van der Waals surface area contributed by atoms with Crippen LogP contribution in [0.15, 0.2) is 66.7 Å². The Balaban J connectivity index is 1.58. The fourth-order valence-corrected chi connectivity index (χ4v) is 3.36. The summed E-state index contributed by atoms with van der Waals surface area (Å²) < 4.78 is 0. The first-order chi connectivity index (χ1) is 12.7. The van der Waals surface area contributed by atoms with Gasteiger partial charge in [-0.25, -0.2) is 9.97 Å². The number of nitrogens with zero attached hydrogens (tertiary/aromatic N) is 3. The Labute approximate surface area is 159 Å². The van der Waals surface area contributed by atoms with Crippen molar-refractivity contribution in [1.29, 1.82) is 0 Å². The summed E-state index contributed by atoms with van der Waals surface area (Å²) in [5, 5.41) is 0.775. The summed E-state index contributed by atoms with van der Waals surface area (Å²) in [5.41, 5.74) is 4.65. The van der Waals surface area contributed by atoms with Crippen LogP contribution in [0.3, 0.4) is 0 Å². The SMILES string of the molecule is Cc1cc(N2CC=C(c3ccc(Cl)cc3)CC2)nc(-c2ccccc2)n1. The van der Waals surface area contributed by atoms with Crippen molar-refractivity contribution in [2.75, 3.05) is 18.0 Å². The lowest BCUT2D eigenvalue weighted by Crippen LogP contribution is -2.29. The van der Waals surface area contributed by atoms with Crippen LogP contribution in [0.2, 0.25) is 5.02 Å². The number of hydrogen-bond donors (Lipinski definition) is 0. The van der Waals surface area contributed by atoms with E-state index in [-0.39, 0.29) is 0 Å². The minimum atomic E-state index is 0.775. The summed E-state index contributed by atoms with van der Waals surface area (Å²) >= 11 is 5.99. The van der Waals surface area contributed by atoms with Crippen LogP contribution in [-0.2, 0) is 0 Å². The molecule has 3 nitrogen and oxygen atoms in total. The molecule has 0 fully saturated rings. The first kappa shape index (κ1) is 16.8. The van der Waals surface area contributed by atoms with Crippen LogP contribution < -0.4 is 4.90 Å². The molecule has 0 amide bonds. The highest BCUT2D eigenvalue weighted by molar-refractivity contribution is 6.30. The molecule has 0 unspecified atom stereocenters. The molecule has 2 heterocycles. The number of benzene rings is 2. The fraction of sp³-hybridized carbons (Fsp3) is 0.182. The van der Waals surface area contributed by atoms with E-state index < -0.39 is 0 Å². The van der Waals surface area contributed by atoms with Gasteiger partial charge in [0.25, 0.3) is 0 Å². The molecule has 130 valence electrons. The first-order valence-electron chi connectivity index (χ1n) is 8.80. The van der Waals surface area contributed by atoms with Gasteiger partial charge in [-0.05, 0) is 36.6 Å². The Kier molecular flexibility index (Phi) is 4.72. The standard InChI is InChI=1S/C22H20ClN3/c1-16-15-21(25-22(24-16)19-5-3-2-4-6-19)26-13-11-18(12-14-26)17-7-9-20(23)10-8-17/h2-11,15H,12-14H2,1H3. The third kappa shape index (κ3) is 3.63. The molecule has 2 aromatic carbocycles. The average Bonchev–Trinajstić information content (AvgIpc) is 2.69. The van der Waals surface area contributed by atoms with E-state index in [0.717, 1.165) is 47.4 Å². The summed E-state index contributed by atoms with van der Waals surface area (Å²) in [4.78, 5) is 11.7. The Morgan fingerprint density at radius 2 is 1.69 bits per heavy atom. The van der Waals surface area contributed by atoms with Crippen molar-refractivity contribution in [1.82, 2.24) is 9.97 Å². The minimum Gasteiger partial charge on any atom is -0.352 e. The molecular weight excluding hydrogens is 342 g/mol. The van der Waals surface area contributed by atoms with Gasteiger partial charge in [0.1, 0.15) is 5.82 Å². The molecule has 0 saturated carbocycles. The topological polar surface area (TPSA) is 29.0 Å². The van der Waals surface area contributed by atoms with Crippen molar-refractivity contribution in [3.8, 4) is 11.4 Å².